The Kier molecular flexibility index (Phi) is 9.14. The normalized spacial score (nSPS) is 9.92. The molecular formula is C6H17NO5Si. The fourth-order valence-corrected chi connectivity index (χ4v) is 0.750. The molecule has 0 saturated heterocycles. The van der Waals surface area contributed by atoms with Gasteiger partial charge >= 0.3 is 14.9 Å². The van der Waals surface area contributed by atoms with Crippen LogP contribution in [0.1, 0.15) is 0 Å². The Morgan fingerprint density at radius 1 is 1.23 bits per heavy atom. The van der Waals surface area contributed by atoms with Crippen molar-refractivity contribution in [1.82, 2.24) is 5.32 Å². The van der Waals surface area contributed by atoms with Crippen molar-refractivity contribution in [3.05, 3.63) is 0 Å². The van der Waals surface area contributed by atoms with Crippen molar-refractivity contribution < 1.29 is 23.2 Å². The summed E-state index contributed by atoms with van der Waals surface area (Å²) in [5.74, 6) is 0. The third-order valence-electron chi connectivity index (χ3n) is 1.33. The van der Waals surface area contributed by atoms with Crippen LogP contribution in [0.5, 0.6) is 0 Å². The summed E-state index contributed by atoms with van der Waals surface area (Å²) in [5.41, 5.74) is 0. The average Bonchev–Trinajstić information content (AvgIpc) is 2.17. The molecule has 0 atom stereocenters. The average molecular weight is 211 g/mol. The lowest BCUT2D eigenvalue weighted by atomic mass is 11.1. The van der Waals surface area contributed by atoms with Gasteiger partial charge in [0, 0.05) is 34.9 Å². The first kappa shape index (κ1) is 14.9. The van der Waals surface area contributed by atoms with Crippen molar-refractivity contribution in [3.8, 4) is 0 Å². The third-order valence-corrected chi connectivity index (χ3v) is 3.55. The third kappa shape index (κ3) is 9.28. The lowest BCUT2D eigenvalue weighted by Crippen LogP contribution is -2.38. The van der Waals surface area contributed by atoms with Gasteiger partial charge in [-0.3, -0.25) is 0 Å². The van der Waals surface area contributed by atoms with E-state index >= 15 is 0 Å². The molecule has 0 radical (unpaired) electrons. The van der Waals surface area contributed by atoms with Gasteiger partial charge in [-0.05, 0) is 0 Å². The minimum absolute atomic E-state index is 0.995. The van der Waals surface area contributed by atoms with Crippen LogP contribution in [0.4, 0.5) is 4.79 Å². The molecule has 13 heavy (non-hydrogen) atoms. The van der Waals surface area contributed by atoms with Gasteiger partial charge in [0.25, 0.3) is 0 Å². The van der Waals surface area contributed by atoms with Gasteiger partial charge in [0.2, 0.25) is 0 Å². The molecule has 0 aliphatic carbocycles. The van der Waals surface area contributed by atoms with Crippen LogP contribution in [0.3, 0.4) is 0 Å². The lowest BCUT2D eigenvalue weighted by Gasteiger charge is -2.18. The van der Waals surface area contributed by atoms with Gasteiger partial charge in [0.15, 0.2) is 0 Å². The van der Waals surface area contributed by atoms with E-state index < -0.39 is 14.9 Å². The van der Waals surface area contributed by atoms with Crippen LogP contribution in [0.25, 0.3) is 0 Å². The van der Waals surface area contributed by atoms with Gasteiger partial charge in [-0.15, -0.1) is 0 Å². The highest BCUT2D eigenvalue weighted by atomic mass is 28.4. The SMILES string of the molecule is CNC(=O)O.CO[Si](C)(OC)OC. The topological polar surface area (TPSA) is 77.0 Å². The highest BCUT2D eigenvalue weighted by molar-refractivity contribution is 6.58. The molecule has 0 rings (SSSR count). The van der Waals surface area contributed by atoms with Crippen molar-refractivity contribution in [2.45, 2.75) is 6.55 Å². The second-order valence-electron chi connectivity index (χ2n) is 2.03. The van der Waals surface area contributed by atoms with Crippen LogP contribution in [0, 0.1) is 0 Å². The van der Waals surface area contributed by atoms with Gasteiger partial charge in [-0.25, -0.2) is 4.79 Å². The minimum Gasteiger partial charge on any atom is -0.465 e. The van der Waals surface area contributed by atoms with Crippen LogP contribution < -0.4 is 5.32 Å². The van der Waals surface area contributed by atoms with E-state index in [0.29, 0.717) is 0 Å². The second-order valence-corrected chi connectivity index (χ2v) is 4.98. The van der Waals surface area contributed by atoms with Crippen molar-refractivity contribution >= 4 is 14.9 Å². The molecule has 6 nitrogen and oxygen atoms in total. The van der Waals surface area contributed by atoms with Crippen molar-refractivity contribution in [2.24, 2.45) is 0 Å². The Bertz CT molecular complexity index is 131. The number of amides is 1. The minimum atomic E-state index is -2.17. The van der Waals surface area contributed by atoms with Crippen LogP contribution in [-0.4, -0.2) is 48.4 Å². The molecule has 0 saturated carbocycles. The first-order valence-corrected chi connectivity index (χ1v) is 5.74. The molecule has 1 amide bonds. The summed E-state index contributed by atoms with van der Waals surface area (Å²) in [7, 11) is 3.93. The van der Waals surface area contributed by atoms with Gasteiger partial charge in [0.1, 0.15) is 0 Å². The van der Waals surface area contributed by atoms with Crippen LogP contribution >= 0.6 is 0 Å². The van der Waals surface area contributed by atoms with E-state index in [4.69, 9.17) is 18.4 Å². The zero-order chi connectivity index (χ0) is 10.9. The lowest BCUT2D eigenvalue weighted by molar-refractivity contribution is 0.132. The molecule has 2 N–H and O–H groups in total. The zero-order valence-corrected chi connectivity index (χ0v) is 9.58. The molecule has 7 heteroatoms. The number of carbonyl (C=O) groups is 1. The van der Waals surface area contributed by atoms with E-state index in [2.05, 4.69) is 0 Å². The van der Waals surface area contributed by atoms with Gasteiger partial charge < -0.3 is 23.7 Å². The van der Waals surface area contributed by atoms with E-state index in [0.717, 1.165) is 0 Å². The monoisotopic (exact) mass is 211 g/mol. The Labute approximate surface area is 79.2 Å². The van der Waals surface area contributed by atoms with Gasteiger partial charge in [-0.1, -0.05) is 0 Å². The Morgan fingerprint density at radius 2 is 1.46 bits per heavy atom. The predicted molar refractivity (Wildman–Crippen MR) is 49.7 cm³/mol. The maximum atomic E-state index is 9.26. The summed E-state index contributed by atoms with van der Waals surface area (Å²) in [6.07, 6.45) is -0.995. The quantitative estimate of drug-likeness (QED) is 0.660. The molecule has 0 aliphatic rings. The first-order valence-electron chi connectivity index (χ1n) is 3.51. The fraction of sp³-hybridized carbons (Fsp3) is 0.833. The van der Waals surface area contributed by atoms with Gasteiger partial charge in [0.05, 0.1) is 0 Å². The standard InChI is InChI=1S/C4H12O3Si.C2H5NO2/c1-5-8(4,6-2)7-3;1-3-2(4)5/h1-4H3;3H,1H3,(H,4,5). The summed E-state index contributed by atoms with van der Waals surface area (Å²) < 4.78 is 14.8. The fourth-order valence-electron chi connectivity index (χ4n) is 0.250. The highest BCUT2D eigenvalue weighted by Gasteiger charge is 2.29. The van der Waals surface area contributed by atoms with E-state index in [1.54, 1.807) is 21.3 Å². The molecule has 0 fully saturated rings. The summed E-state index contributed by atoms with van der Waals surface area (Å²) in [5, 5.41) is 9.56. The highest BCUT2D eigenvalue weighted by Crippen LogP contribution is 2.02. The Hall–Kier alpha value is -0.633. The molecule has 0 aromatic rings. The maximum absolute atomic E-state index is 9.26. The second kappa shape index (κ2) is 7.99. The molecule has 0 spiro atoms. The molecule has 0 aliphatic heterocycles. The molecule has 0 unspecified atom stereocenters. The van der Waals surface area contributed by atoms with E-state index in [9.17, 15) is 4.79 Å². The van der Waals surface area contributed by atoms with Crippen LogP contribution in [-0.2, 0) is 13.3 Å². The van der Waals surface area contributed by atoms with E-state index in [1.165, 1.54) is 7.05 Å². The largest absolute Gasteiger partial charge is 0.496 e. The molecule has 0 heterocycles. The smallest absolute Gasteiger partial charge is 0.465 e. The number of hydrogen-bond donors (Lipinski definition) is 2. The zero-order valence-electron chi connectivity index (χ0n) is 8.58. The molecule has 80 valence electrons. The maximum Gasteiger partial charge on any atom is 0.496 e. The number of carboxylic acid groups (broad SMARTS) is 1. The van der Waals surface area contributed by atoms with Gasteiger partial charge in [-0.2, -0.15) is 0 Å². The Morgan fingerprint density at radius 3 is 1.46 bits per heavy atom. The molecule has 0 aromatic carbocycles. The van der Waals surface area contributed by atoms with Crippen molar-refractivity contribution in [2.75, 3.05) is 28.4 Å². The van der Waals surface area contributed by atoms with Crippen molar-refractivity contribution in [3.63, 3.8) is 0 Å². The molecular weight excluding hydrogens is 194 g/mol. The molecule has 0 aromatic heterocycles. The Balaban J connectivity index is 0. The first-order chi connectivity index (χ1) is 5.95. The summed E-state index contributed by atoms with van der Waals surface area (Å²) in [6, 6.07) is 0. The predicted octanol–water partition coefficient (Wildman–Crippen LogP) is 0.378. The molecule has 0 bridgehead atoms. The summed E-state index contributed by atoms with van der Waals surface area (Å²) >= 11 is 0. The van der Waals surface area contributed by atoms with Crippen molar-refractivity contribution in [1.29, 1.82) is 0 Å². The number of rotatable bonds is 3. The summed E-state index contributed by atoms with van der Waals surface area (Å²) in [6.45, 7) is 1.83. The van der Waals surface area contributed by atoms with E-state index in [-0.39, 0.29) is 0 Å². The number of hydrogen-bond acceptors (Lipinski definition) is 4. The van der Waals surface area contributed by atoms with Crippen LogP contribution in [0.15, 0.2) is 0 Å². The van der Waals surface area contributed by atoms with E-state index in [1.807, 2.05) is 11.9 Å². The van der Waals surface area contributed by atoms with Crippen LogP contribution in [0.2, 0.25) is 6.55 Å². The summed E-state index contributed by atoms with van der Waals surface area (Å²) in [4.78, 5) is 9.26. The number of nitrogens with one attached hydrogen (secondary N) is 1.